The zero-order valence-corrected chi connectivity index (χ0v) is 20.2. The summed E-state index contributed by atoms with van der Waals surface area (Å²) in [6.45, 7) is 1.77. The monoisotopic (exact) mass is 480 g/mol. The van der Waals surface area contributed by atoms with Gasteiger partial charge in [0.05, 0.1) is 24.2 Å². The molecule has 0 bridgehead atoms. The predicted octanol–water partition coefficient (Wildman–Crippen LogP) is 3.23. The lowest BCUT2D eigenvalue weighted by Gasteiger charge is -2.26. The van der Waals surface area contributed by atoms with Gasteiger partial charge in [-0.2, -0.15) is 5.10 Å². The number of aliphatic hydroxyl groups excluding tert-OH is 1. The molecule has 4 rings (SSSR count). The van der Waals surface area contributed by atoms with E-state index in [1.165, 1.54) is 6.26 Å². The van der Waals surface area contributed by atoms with E-state index >= 15 is 0 Å². The Morgan fingerprint density at radius 3 is 2.63 bits per heavy atom. The van der Waals surface area contributed by atoms with E-state index in [1.54, 1.807) is 30.2 Å². The number of aryl methyl sites for hydroxylation is 2. The van der Waals surface area contributed by atoms with Gasteiger partial charge in [0.1, 0.15) is 23.7 Å². The van der Waals surface area contributed by atoms with Gasteiger partial charge in [0.2, 0.25) is 5.91 Å². The molecule has 1 fully saturated rings. The summed E-state index contributed by atoms with van der Waals surface area (Å²) < 4.78 is 6.66. The lowest BCUT2D eigenvalue weighted by atomic mass is 9.90. The Hall–Kier alpha value is -3.53. The lowest BCUT2D eigenvalue weighted by molar-refractivity contribution is -0.119. The third-order valence-corrected chi connectivity index (χ3v) is 6.64. The first-order valence-electron chi connectivity index (χ1n) is 12.1. The number of aliphatic hydroxyl groups is 1. The smallest absolute Gasteiger partial charge is 0.257 e. The van der Waals surface area contributed by atoms with Crippen molar-refractivity contribution >= 4 is 17.6 Å². The molecule has 35 heavy (non-hydrogen) atoms. The molecule has 1 unspecified atom stereocenters. The summed E-state index contributed by atoms with van der Waals surface area (Å²) in [4.78, 5) is 30.8. The molecule has 10 heteroatoms. The molecule has 0 saturated heterocycles. The molecule has 3 heterocycles. The molecular weight excluding hydrogens is 448 g/mol. The van der Waals surface area contributed by atoms with Gasteiger partial charge >= 0.3 is 0 Å². The van der Waals surface area contributed by atoms with Crippen LogP contribution in [0.1, 0.15) is 67.1 Å². The van der Waals surface area contributed by atoms with Crippen molar-refractivity contribution in [3.05, 3.63) is 47.6 Å². The van der Waals surface area contributed by atoms with Gasteiger partial charge < -0.3 is 20.3 Å². The van der Waals surface area contributed by atoms with Gasteiger partial charge in [-0.05, 0) is 37.3 Å². The van der Waals surface area contributed by atoms with E-state index in [1.807, 2.05) is 13.0 Å². The molecule has 186 valence electrons. The number of carbonyl (C=O) groups is 2. The van der Waals surface area contributed by atoms with Crippen molar-refractivity contribution in [1.29, 1.82) is 0 Å². The molecule has 0 radical (unpaired) electrons. The first kappa shape index (κ1) is 24.6. The van der Waals surface area contributed by atoms with Crippen LogP contribution in [0.2, 0.25) is 0 Å². The lowest BCUT2D eigenvalue weighted by Crippen LogP contribution is -2.48. The highest BCUT2D eigenvalue weighted by atomic mass is 16.5. The Bertz CT molecular complexity index is 1150. The minimum Gasteiger partial charge on any atom is -0.392 e. The van der Waals surface area contributed by atoms with E-state index in [9.17, 15) is 14.7 Å². The number of nitrogens with zero attached hydrogens (tertiary/aromatic N) is 4. The van der Waals surface area contributed by atoms with Gasteiger partial charge in [0, 0.05) is 24.4 Å². The largest absolute Gasteiger partial charge is 0.392 e. The van der Waals surface area contributed by atoms with Crippen LogP contribution in [-0.2, 0) is 24.9 Å². The van der Waals surface area contributed by atoms with E-state index in [2.05, 4.69) is 25.9 Å². The second kappa shape index (κ2) is 11.3. The highest BCUT2D eigenvalue weighted by Crippen LogP contribution is 2.27. The molecule has 3 N–H and O–H groups in total. The van der Waals surface area contributed by atoms with Crippen molar-refractivity contribution in [1.82, 2.24) is 25.2 Å². The minimum atomic E-state index is -0.695. The van der Waals surface area contributed by atoms with Crippen molar-refractivity contribution in [3.8, 4) is 11.3 Å². The topological polar surface area (TPSA) is 135 Å². The number of anilines is 1. The van der Waals surface area contributed by atoms with Gasteiger partial charge in [-0.25, -0.2) is 4.98 Å². The number of pyridine rings is 1. The van der Waals surface area contributed by atoms with Crippen molar-refractivity contribution in [3.63, 3.8) is 0 Å². The normalized spacial score (nSPS) is 15.4. The highest BCUT2D eigenvalue weighted by Gasteiger charge is 2.32. The van der Waals surface area contributed by atoms with Gasteiger partial charge in [-0.3, -0.25) is 14.3 Å². The highest BCUT2D eigenvalue weighted by molar-refractivity contribution is 6.01. The number of hydrogen-bond acceptors (Lipinski definition) is 7. The average molecular weight is 481 g/mol. The minimum absolute atomic E-state index is 0.0345. The van der Waals surface area contributed by atoms with Crippen LogP contribution >= 0.6 is 0 Å². The van der Waals surface area contributed by atoms with Crippen molar-refractivity contribution in [2.45, 2.75) is 64.5 Å². The van der Waals surface area contributed by atoms with Crippen LogP contribution in [0.15, 0.2) is 35.3 Å². The van der Waals surface area contributed by atoms with Crippen molar-refractivity contribution in [2.75, 3.05) is 5.32 Å². The van der Waals surface area contributed by atoms with E-state index < -0.39 is 6.04 Å². The Morgan fingerprint density at radius 2 is 1.97 bits per heavy atom. The molecular formula is C25H32N6O4. The number of carbonyl (C=O) groups excluding carboxylic acids is 2. The van der Waals surface area contributed by atoms with Crippen LogP contribution < -0.4 is 10.6 Å². The van der Waals surface area contributed by atoms with Crippen LogP contribution in [0.4, 0.5) is 5.82 Å². The summed E-state index contributed by atoms with van der Waals surface area (Å²) >= 11 is 0. The SMILES string of the molecule is CCc1nocc1C(=O)NC(C(=O)Nc1ccc(-c2c(CO)cnn2C)cn1)C1CCCCCC1. The quantitative estimate of drug-likeness (QED) is 0.421. The molecule has 1 aliphatic rings. The Morgan fingerprint density at radius 1 is 1.20 bits per heavy atom. The molecule has 0 aromatic carbocycles. The second-order valence-electron chi connectivity index (χ2n) is 8.95. The molecule has 0 aliphatic heterocycles. The Balaban J connectivity index is 1.52. The summed E-state index contributed by atoms with van der Waals surface area (Å²) in [5, 5.41) is 23.5. The number of nitrogens with one attached hydrogen (secondary N) is 2. The first-order valence-corrected chi connectivity index (χ1v) is 12.1. The van der Waals surface area contributed by atoms with E-state index in [4.69, 9.17) is 4.52 Å². The molecule has 3 aromatic heterocycles. The molecule has 3 aromatic rings. The number of amides is 2. The molecule has 1 saturated carbocycles. The van der Waals surface area contributed by atoms with Crippen LogP contribution in [0.3, 0.4) is 0 Å². The van der Waals surface area contributed by atoms with Crippen LogP contribution in [-0.4, -0.2) is 42.9 Å². The second-order valence-corrected chi connectivity index (χ2v) is 8.95. The maximum absolute atomic E-state index is 13.4. The van der Waals surface area contributed by atoms with E-state index in [0.717, 1.165) is 49.8 Å². The van der Waals surface area contributed by atoms with E-state index in [-0.39, 0.29) is 24.3 Å². The number of rotatable bonds is 8. The molecule has 10 nitrogen and oxygen atoms in total. The van der Waals surface area contributed by atoms with Crippen LogP contribution in [0.5, 0.6) is 0 Å². The number of hydrogen-bond donors (Lipinski definition) is 3. The van der Waals surface area contributed by atoms with Crippen LogP contribution in [0.25, 0.3) is 11.3 Å². The molecule has 1 aliphatic carbocycles. The summed E-state index contributed by atoms with van der Waals surface area (Å²) in [5.74, 6) is -0.231. The fourth-order valence-electron chi connectivity index (χ4n) is 4.74. The number of aromatic nitrogens is 4. The van der Waals surface area contributed by atoms with Crippen LogP contribution in [0, 0.1) is 5.92 Å². The van der Waals surface area contributed by atoms with E-state index in [0.29, 0.717) is 29.1 Å². The standard InChI is InChI=1S/C25H32N6O4/c1-3-20-19(15-35-30-20)24(33)29-22(16-8-6-4-5-7-9-16)25(34)28-21-11-10-17(12-26-21)23-18(14-32)13-27-31(23)2/h10-13,15-16,22,32H,3-9,14H2,1-2H3,(H,29,33)(H,26,28,34). The first-order chi connectivity index (χ1) is 17.0. The third-order valence-electron chi connectivity index (χ3n) is 6.64. The van der Waals surface area contributed by atoms with Gasteiger partial charge in [0.25, 0.3) is 5.91 Å². The fourth-order valence-corrected chi connectivity index (χ4v) is 4.74. The Labute approximate surface area is 204 Å². The maximum atomic E-state index is 13.4. The zero-order valence-electron chi connectivity index (χ0n) is 20.2. The van der Waals surface area contributed by atoms with Gasteiger partial charge in [0.15, 0.2) is 0 Å². The van der Waals surface area contributed by atoms with Gasteiger partial charge in [-0.1, -0.05) is 37.8 Å². The third kappa shape index (κ3) is 5.59. The average Bonchev–Trinajstić information content (AvgIpc) is 3.40. The predicted molar refractivity (Wildman–Crippen MR) is 129 cm³/mol. The fraction of sp³-hybridized carbons (Fsp3) is 0.480. The zero-order chi connectivity index (χ0) is 24.8. The van der Waals surface area contributed by atoms with Crippen molar-refractivity contribution in [2.24, 2.45) is 13.0 Å². The summed E-state index contributed by atoms with van der Waals surface area (Å²) in [5.41, 5.74) is 3.17. The molecule has 0 spiro atoms. The summed E-state index contributed by atoms with van der Waals surface area (Å²) in [6, 6.07) is 2.84. The molecule has 1 atom stereocenters. The summed E-state index contributed by atoms with van der Waals surface area (Å²) in [7, 11) is 1.80. The maximum Gasteiger partial charge on any atom is 0.257 e. The van der Waals surface area contributed by atoms with Crippen molar-refractivity contribution < 1.29 is 19.2 Å². The van der Waals surface area contributed by atoms with Gasteiger partial charge in [-0.15, -0.1) is 0 Å². The summed E-state index contributed by atoms with van der Waals surface area (Å²) in [6.07, 6.45) is 11.2. The molecule has 2 amide bonds. The Kier molecular flexibility index (Phi) is 7.91.